The van der Waals surface area contributed by atoms with Crippen LogP contribution in [0.1, 0.15) is 32.6 Å². The summed E-state index contributed by atoms with van der Waals surface area (Å²) >= 11 is 0. The van der Waals surface area contributed by atoms with Gasteiger partial charge in [0.15, 0.2) is 0 Å². The summed E-state index contributed by atoms with van der Waals surface area (Å²) in [5.41, 5.74) is 0. The van der Waals surface area contributed by atoms with Crippen LogP contribution in [-0.4, -0.2) is 65.4 Å². The van der Waals surface area contributed by atoms with E-state index in [4.69, 9.17) is 10.2 Å². The molecule has 1 saturated heterocycles. The Balaban J connectivity index is 2.12. The summed E-state index contributed by atoms with van der Waals surface area (Å²) in [5, 5.41) is 17.8. The Bertz CT molecular complexity index is 240. The summed E-state index contributed by atoms with van der Waals surface area (Å²) in [6.45, 7) is 6.50. The lowest BCUT2D eigenvalue weighted by Gasteiger charge is -2.30. The van der Waals surface area contributed by atoms with Crippen molar-refractivity contribution in [3.8, 4) is 0 Å². The molecular formula is C13H26N2O3. The van der Waals surface area contributed by atoms with Crippen molar-refractivity contribution >= 4 is 6.09 Å². The van der Waals surface area contributed by atoms with Gasteiger partial charge < -0.3 is 20.0 Å². The van der Waals surface area contributed by atoms with Gasteiger partial charge in [-0.25, -0.2) is 4.79 Å². The largest absolute Gasteiger partial charge is 0.465 e. The van der Waals surface area contributed by atoms with Gasteiger partial charge in [0, 0.05) is 19.6 Å². The van der Waals surface area contributed by atoms with Crippen LogP contribution in [0.15, 0.2) is 0 Å². The molecule has 1 heterocycles. The van der Waals surface area contributed by atoms with Gasteiger partial charge in [-0.3, -0.25) is 0 Å². The minimum atomic E-state index is -0.784. The fourth-order valence-electron chi connectivity index (χ4n) is 2.59. The maximum atomic E-state index is 10.8. The molecule has 5 heteroatoms. The van der Waals surface area contributed by atoms with Gasteiger partial charge in [-0.2, -0.15) is 0 Å². The number of piperidine rings is 1. The monoisotopic (exact) mass is 258 g/mol. The summed E-state index contributed by atoms with van der Waals surface area (Å²) in [6.07, 6.45) is 3.53. The van der Waals surface area contributed by atoms with Crippen LogP contribution in [0.5, 0.6) is 0 Å². The van der Waals surface area contributed by atoms with Crippen LogP contribution in [0.25, 0.3) is 0 Å². The molecule has 1 amide bonds. The molecular weight excluding hydrogens is 232 g/mol. The Kier molecular flexibility index (Phi) is 7.05. The van der Waals surface area contributed by atoms with Gasteiger partial charge in [-0.1, -0.05) is 6.92 Å². The van der Waals surface area contributed by atoms with Crippen molar-refractivity contribution in [3.05, 3.63) is 0 Å². The second kappa shape index (κ2) is 8.32. The van der Waals surface area contributed by atoms with Crippen molar-refractivity contribution in [1.82, 2.24) is 9.80 Å². The molecule has 0 aromatic rings. The van der Waals surface area contributed by atoms with E-state index in [1.807, 2.05) is 0 Å². The van der Waals surface area contributed by atoms with Crippen molar-refractivity contribution in [1.29, 1.82) is 0 Å². The van der Waals surface area contributed by atoms with Gasteiger partial charge in [-0.15, -0.1) is 0 Å². The summed E-state index contributed by atoms with van der Waals surface area (Å²) in [5.74, 6) is 0.674. The second-order valence-corrected chi connectivity index (χ2v) is 5.01. The van der Waals surface area contributed by atoms with Crippen LogP contribution >= 0.6 is 0 Å². The Morgan fingerprint density at radius 3 is 2.50 bits per heavy atom. The summed E-state index contributed by atoms with van der Waals surface area (Å²) in [7, 11) is 0. The summed E-state index contributed by atoms with van der Waals surface area (Å²) in [4.78, 5) is 14.5. The van der Waals surface area contributed by atoms with E-state index in [1.165, 1.54) is 11.3 Å². The molecule has 0 aliphatic carbocycles. The van der Waals surface area contributed by atoms with Gasteiger partial charge in [0.05, 0.1) is 6.61 Å². The molecule has 0 bridgehead atoms. The zero-order valence-corrected chi connectivity index (χ0v) is 11.3. The van der Waals surface area contributed by atoms with E-state index in [1.54, 1.807) is 0 Å². The van der Waals surface area contributed by atoms with E-state index in [0.717, 1.165) is 38.9 Å². The van der Waals surface area contributed by atoms with E-state index in [9.17, 15) is 4.79 Å². The number of hydrogen-bond acceptors (Lipinski definition) is 3. The van der Waals surface area contributed by atoms with Crippen LogP contribution in [0.4, 0.5) is 4.79 Å². The molecule has 1 rings (SSSR count). The minimum Gasteiger partial charge on any atom is -0.465 e. The molecule has 0 radical (unpaired) electrons. The number of likely N-dealkylation sites (N-methyl/N-ethyl adjacent to an activating group) is 1. The predicted molar refractivity (Wildman–Crippen MR) is 70.8 cm³/mol. The van der Waals surface area contributed by atoms with Gasteiger partial charge in [0.2, 0.25) is 0 Å². The third-order valence-electron chi connectivity index (χ3n) is 3.84. The Morgan fingerprint density at radius 2 is 2.00 bits per heavy atom. The lowest BCUT2D eigenvalue weighted by Crippen LogP contribution is -2.37. The average Bonchev–Trinajstić information content (AvgIpc) is 2.38. The SMILES string of the molecule is CCN(CCO)CCCC1CCN(C(=O)O)CC1. The van der Waals surface area contributed by atoms with Gasteiger partial charge in [0.1, 0.15) is 0 Å². The van der Waals surface area contributed by atoms with E-state index in [-0.39, 0.29) is 6.61 Å². The highest BCUT2D eigenvalue weighted by Crippen LogP contribution is 2.21. The molecule has 0 aromatic carbocycles. The smallest absolute Gasteiger partial charge is 0.407 e. The number of likely N-dealkylation sites (tertiary alicyclic amines) is 1. The molecule has 0 aromatic heterocycles. The Labute approximate surface area is 109 Å². The fourth-order valence-corrected chi connectivity index (χ4v) is 2.59. The van der Waals surface area contributed by atoms with Gasteiger partial charge >= 0.3 is 6.09 Å². The standard InChI is InChI=1S/C13H26N2O3/c1-2-14(10-11-16)7-3-4-12-5-8-15(9-6-12)13(17)18/h12,16H,2-11H2,1H3,(H,17,18). The number of hydrogen-bond donors (Lipinski definition) is 2. The van der Waals surface area contributed by atoms with Crippen LogP contribution in [0, 0.1) is 5.92 Å². The van der Waals surface area contributed by atoms with Crippen LogP contribution in [0.3, 0.4) is 0 Å². The van der Waals surface area contributed by atoms with Crippen molar-refractivity contribution < 1.29 is 15.0 Å². The van der Waals surface area contributed by atoms with Crippen molar-refractivity contribution in [2.75, 3.05) is 39.3 Å². The third-order valence-corrected chi connectivity index (χ3v) is 3.84. The quantitative estimate of drug-likeness (QED) is 0.726. The van der Waals surface area contributed by atoms with E-state index in [0.29, 0.717) is 19.0 Å². The number of amides is 1. The molecule has 2 N–H and O–H groups in total. The maximum Gasteiger partial charge on any atom is 0.407 e. The zero-order chi connectivity index (χ0) is 13.4. The van der Waals surface area contributed by atoms with Crippen LogP contribution in [-0.2, 0) is 0 Å². The number of nitrogens with zero attached hydrogens (tertiary/aromatic N) is 2. The van der Waals surface area contributed by atoms with Crippen LogP contribution in [0.2, 0.25) is 0 Å². The molecule has 1 aliphatic rings. The molecule has 5 nitrogen and oxygen atoms in total. The third kappa shape index (κ3) is 5.23. The highest BCUT2D eigenvalue weighted by Gasteiger charge is 2.21. The number of aliphatic hydroxyl groups excluding tert-OH is 1. The maximum absolute atomic E-state index is 10.8. The first-order chi connectivity index (χ1) is 8.67. The molecule has 0 unspecified atom stereocenters. The molecule has 106 valence electrons. The normalized spacial score (nSPS) is 17.4. The fraction of sp³-hybridized carbons (Fsp3) is 0.923. The number of carboxylic acid groups (broad SMARTS) is 1. The first-order valence-electron chi connectivity index (χ1n) is 6.98. The lowest BCUT2D eigenvalue weighted by atomic mass is 9.92. The topological polar surface area (TPSA) is 64.0 Å². The van der Waals surface area contributed by atoms with Crippen molar-refractivity contribution in [2.24, 2.45) is 5.92 Å². The summed E-state index contributed by atoms with van der Waals surface area (Å²) in [6, 6.07) is 0. The summed E-state index contributed by atoms with van der Waals surface area (Å²) < 4.78 is 0. The van der Waals surface area contributed by atoms with Crippen molar-refractivity contribution in [2.45, 2.75) is 32.6 Å². The Morgan fingerprint density at radius 1 is 1.33 bits per heavy atom. The zero-order valence-electron chi connectivity index (χ0n) is 11.3. The second-order valence-electron chi connectivity index (χ2n) is 5.01. The van der Waals surface area contributed by atoms with Gasteiger partial charge in [-0.05, 0) is 44.7 Å². The predicted octanol–water partition coefficient (Wildman–Crippen LogP) is 1.47. The number of carbonyl (C=O) groups is 1. The highest BCUT2D eigenvalue weighted by atomic mass is 16.4. The lowest BCUT2D eigenvalue weighted by molar-refractivity contribution is 0.121. The average molecular weight is 258 g/mol. The van der Waals surface area contributed by atoms with Crippen molar-refractivity contribution in [3.63, 3.8) is 0 Å². The molecule has 0 spiro atoms. The molecule has 1 aliphatic heterocycles. The molecule has 18 heavy (non-hydrogen) atoms. The minimum absolute atomic E-state index is 0.227. The molecule has 1 fully saturated rings. The number of aliphatic hydroxyl groups is 1. The molecule has 0 atom stereocenters. The first kappa shape index (κ1) is 15.2. The Hall–Kier alpha value is -0.810. The van der Waals surface area contributed by atoms with E-state index in [2.05, 4.69) is 11.8 Å². The van der Waals surface area contributed by atoms with Crippen LogP contribution < -0.4 is 0 Å². The molecule has 0 saturated carbocycles. The highest BCUT2D eigenvalue weighted by molar-refractivity contribution is 5.64. The van der Waals surface area contributed by atoms with Gasteiger partial charge in [0.25, 0.3) is 0 Å². The first-order valence-corrected chi connectivity index (χ1v) is 6.98. The van der Waals surface area contributed by atoms with E-state index >= 15 is 0 Å². The van der Waals surface area contributed by atoms with E-state index < -0.39 is 6.09 Å². The number of rotatable bonds is 7.